The minimum absolute atomic E-state index is 0.139. The summed E-state index contributed by atoms with van der Waals surface area (Å²) in [4.78, 5) is 13.8. The Hall–Kier alpha value is -1.62. The number of carbonyl (C=O) groups excluding carboxylic acids is 1. The quantitative estimate of drug-likeness (QED) is 0.845. The van der Waals surface area contributed by atoms with Gasteiger partial charge >= 0.3 is 6.03 Å². The molecule has 1 atom stereocenters. The van der Waals surface area contributed by atoms with Gasteiger partial charge in [0.15, 0.2) is 0 Å². The van der Waals surface area contributed by atoms with Gasteiger partial charge in [-0.15, -0.1) is 0 Å². The predicted molar refractivity (Wildman–Crippen MR) is 68.8 cm³/mol. The van der Waals surface area contributed by atoms with Gasteiger partial charge in [0.1, 0.15) is 5.82 Å². The van der Waals surface area contributed by atoms with Crippen molar-refractivity contribution in [2.75, 3.05) is 25.0 Å². The van der Waals surface area contributed by atoms with Crippen LogP contribution in [0.3, 0.4) is 0 Å². The van der Waals surface area contributed by atoms with Gasteiger partial charge in [-0.25, -0.2) is 9.18 Å². The Morgan fingerprint density at radius 3 is 2.83 bits per heavy atom. The van der Waals surface area contributed by atoms with E-state index in [1.54, 1.807) is 17.0 Å². The average molecular weight is 251 g/mol. The molecule has 0 aliphatic carbocycles. The number of nitrogens with two attached hydrogens (primary N) is 1. The first-order valence-corrected chi connectivity index (χ1v) is 6.20. The molecule has 2 amide bonds. The second-order valence-electron chi connectivity index (χ2n) is 4.63. The lowest BCUT2D eigenvalue weighted by Crippen LogP contribution is -2.44. The van der Waals surface area contributed by atoms with Gasteiger partial charge in [-0.1, -0.05) is 0 Å². The van der Waals surface area contributed by atoms with Gasteiger partial charge in [0.05, 0.1) is 0 Å². The number of rotatable bonds is 2. The highest BCUT2D eigenvalue weighted by Gasteiger charge is 2.22. The molecule has 1 fully saturated rings. The van der Waals surface area contributed by atoms with E-state index in [0.29, 0.717) is 24.7 Å². The standard InChI is InChI=1S/C13H18FN3O/c14-11-3-5-12(6-4-11)16-13(18)17-7-1-2-10(8-15)9-17/h3-6,10H,1-2,7-9,15H2,(H,16,18). The molecule has 98 valence electrons. The number of benzene rings is 1. The number of hydrogen-bond donors (Lipinski definition) is 2. The molecule has 1 heterocycles. The van der Waals surface area contributed by atoms with Crippen LogP contribution in [0.4, 0.5) is 14.9 Å². The molecule has 1 unspecified atom stereocenters. The Balaban J connectivity index is 1.93. The van der Waals surface area contributed by atoms with Crippen LogP contribution in [0, 0.1) is 11.7 Å². The zero-order valence-corrected chi connectivity index (χ0v) is 10.2. The number of hydrogen-bond acceptors (Lipinski definition) is 2. The Bertz CT molecular complexity index is 407. The van der Waals surface area contributed by atoms with E-state index in [2.05, 4.69) is 5.32 Å². The fourth-order valence-electron chi connectivity index (χ4n) is 2.18. The number of carbonyl (C=O) groups is 1. The summed E-state index contributed by atoms with van der Waals surface area (Å²) in [6.07, 6.45) is 2.07. The molecule has 1 aromatic rings. The zero-order valence-electron chi connectivity index (χ0n) is 10.2. The Morgan fingerprint density at radius 1 is 1.44 bits per heavy atom. The lowest BCUT2D eigenvalue weighted by molar-refractivity contribution is 0.179. The van der Waals surface area contributed by atoms with Crippen LogP contribution in [-0.2, 0) is 0 Å². The normalized spacial score (nSPS) is 19.7. The van der Waals surface area contributed by atoms with E-state index in [-0.39, 0.29) is 11.8 Å². The summed E-state index contributed by atoms with van der Waals surface area (Å²) in [7, 11) is 0. The van der Waals surface area contributed by atoms with Gasteiger partial charge < -0.3 is 16.0 Å². The number of likely N-dealkylation sites (tertiary alicyclic amines) is 1. The summed E-state index contributed by atoms with van der Waals surface area (Å²) in [6, 6.07) is 5.62. The van der Waals surface area contributed by atoms with Crippen LogP contribution in [0.1, 0.15) is 12.8 Å². The summed E-state index contributed by atoms with van der Waals surface area (Å²) in [5.74, 6) is 0.0758. The lowest BCUT2D eigenvalue weighted by Gasteiger charge is -2.32. The monoisotopic (exact) mass is 251 g/mol. The Labute approximate surface area is 106 Å². The molecule has 5 heteroatoms. The second-order valence-corrected chi connectivity index (χ2v) is 4.63. The van der Waals surface area contributed by atoms with Crippen molar-refractivity contribution in [3.05, 3.63) is 30.1 Å². The molecule has 0 aromatic heterocycles. The van der Waals surface area contributed by atoms with E-state index in [0.717, 1.165) is 19.4 Å². The highest BCUT2D eigenvalue weighted by atomic mass is 19.1. The van der Waals surface area contributed by atoms with E-state index in [1.807, 2.05) is 0 Å². The molecule has 3 N–H and O–H groups in total. The van der Waals surface area contributed by atoms with E-state index in [1.165, 1.54) is 12.1 Å². The lowest BCUT2D eigenvalue weighted by atomic mass is 9.99. The van der Waals surface area contributed by atoms with Crippen LogP contribution in [0.15, 0.2) is 24.3 Å². The third-order valence-electron chi connectivity index (χ3n) is 3.24. The number of anilines is 1. The minimum Gasteiger partial charge on any atom is -0.330 e. The highest BCUT2D eigenvalue weighted by Crippen LogP contribution is 2.17. The van der Waals surface area contributed by atoms with Crippen molar-refractivity contribution in [1.29, 1.82) is 0 Å². The van der Waals surface area contributed by atoms with Gasteiger partial charge in [0.2, 0.25) is 0 Å². The number of halogens is 1. The first-order valence-electron chi connectivity index (χ1n) is 6.20. The van der Waals surface area contributed by atoms with Gasteiger partial charge in [0.25, 0.3) is 0 Å². The maximum atomic E-state index is 12.7. The maximum Gasteiger partial charge on any atom is 0.321 e. The highest BCUT2D eigenvalue weighted by molar-refractivity contribution is 5.89. The van der Waals surface area contributed by atoms with Gasteiger partial charge in [0, 0.05) is 18.8 Å². The molecule has 1 aliphatic heterocycles. The van der Waals surface area contributed by atoms with Crippen LogP contribution in [-0.4, -0.2) is 30.6 Å². The molecule has 1 saturated heterocycles. The third kappa shape index (κ3) is 3.20. The van der Waals surface area contributed by atoms with Crippen molar-refractivity contribution in [3.63, 3.8) is 0 Å². The molecular weight excluding hydrogens is 233 g/mol. The number of urea groups is 1. The van der Waals surface area contributed by atoms with Crippen molar-refractivity contribution < 1.29 is 9.18 Å². The van der Waals surface area contributed by atoms with E-state index >= 15 is 0 Å². The van der Waals surface area contributed by atoms with E-state index < -0.39 is 0 Å². The van der Waals surface area contributed by atoms with E-state index in [9.17, 15) is 9.18 Å². The second kappa shape index (κ2) is 5.82. The van der Waals surface area contributed by atoms with Gasteiger partial charge in [-0.05, 0) is 49.6 Å². The summed E-state index contributed by atoms with van der Waals surface area (Å²) < 4.78 is 12.7. The summed E-state index contributed by atoms with van der Waals surface area (Å²) >= 11 is 0. The van der Waals surface area contributed by atoms with E-state index in [4.69, 9.17) is 5.73 Å². The zero-order chi connectivity index (χ0) is 13.0. The Morgan fingerprint density at radius 2 is 2.17 bits per heavy atom. The molecule has 18 heavy (non-hydrogen) atoms. The molecule has 0 saturated carbocycles. The summed E-state index contributed by atoms with van der Waals surface area (Å²) in [5.41, 5.74) is 6.24. The number of amides is 2. The van der Waals surface area contributed by atoms with Crippen LogP contribution in [0.5, 0.6) is 0 Å². The smallest absolute Gasteiger partial charge is 0.321 e. The van der Waals surface area contributed by atoms with Crippen molar-refractivity contribution in [1.82, 2.24) is 4.90 Å². The van der Waals surface area contributed by atoms with Crippen molar-refractivity contribution in [2.24, 2.45) is 11.7 Å². The fraction of sp³-hybridized carbons (Fsp3) is 0.462. The molecule has 0 spiro atoms. The number of nitrogens with one attached hydrogen (secondary N) is 1. The molecule has 4 nitrogen and oxygen atoms in total. The SMILES string of the molecule is NCC1CCCN(C(=O)Nc2ccc(F)cc2)C1. The average Bonchev–Trinajstić information content (AvgIpc) is 2.41. The number of piperidine rings is 1. The van der Waals surface area contributed by atoms with Crippen molar-refractivity contribution >= 4 is 11.7 Å². The topological polar surface area (TPSA) is 58.4 Å². The first kappa shape index (κ1) is 12.8. The molecule has 0 radical (unpaired) electrons. The molecular formula is C13H18FN3O. The molecule has 1 aromatic carbocycles. The molecule has 2 rings (SSSR count). The van der Waals surface area contributed by atoms with Gasteiger partial charge in [-0.2, -0.15) is 0 Å². The van der Waals surface area contributed by atoms with Crippen LogP contribution >= 0.6 is 0 Å². The van der Waals surface area contributed by atoms with Crippen LogP contribution < -0.4 is 11.1 Å². The predicted octanol–water partition coefficient (Wildman–Crippen LogP) is 2.03. The van der Waals surface area contributed by atoms with Crippen molar-refractivity contribution in [2.45, 2.75) is 12.8 Å². The maximum absolute atomic E-state index is 12.7. The third-order valence-corrected chi connectivity index (χ3v) is 3.24. The summed E-state index contributed by atoms with van der Waals surface area (Å²) in [5, 5.41) is 2.76. The molecule has 1 aliphatic rings. The number of nitrogens with zero attached hydrogens (tertiary/aromatic N) is 1. The summed E-state index contributed by atoms with van der Waals surface area (Å²) in [6.45, 7) is 2.06. The van der Waals surface area contributed by atoms with Crippen molar-refractivity contribution in [3.8, 4) is 0 Å². The first-order chi connectivity index (χ1) is 8.69. The minimum atomic E-state index is -0.311. The fourth-order valence-corrected chi connectivity index (χ4v) is 2.18. The Kier molecular flexibility index (Phi) is 4.15. The largest absolute Gasteiger partial charge is 0.330 e. The van der Waals surface area contributed by atoms with Crippen LogP contribution in [0.25, 0.3) is 0 Å². The van der Waals surface area contributed by atoms with Crippen LogP contribution in [0.2, 0.25) is 0 Å². The molecule has 0 bridgehead atoms. The van der Waals surface area contributed by atoms with Gasteiger partial charge in [-0.3, -0.25) is 0 Å².